The number of aryl methyl sites for hydroxylation is 1. The smallest absolute Gasteiger partial charge is 0.263 e. The number of amides is 2. The van der Waals surface area contributed by atoms with Gasteiger partial charge in [-0.25, -0.2) is 4.98 Å². The van der Waals surface area contributed by atoms with Gasteiger partial charge in [0.2, 0.25) is 5.91 Å². The molecule has 0 spiro atoms. The lowest BCUT2D eigenvalue weighted by Crippen LogP contribution is -2.37. The minimum Gasteiger partial charge on any atom is -0.346 e. The number of likely N-dealkylation sites (tertiary alicyclic amines) is 1. The van der Waals surface area contributed by atoms with Gasteiger partial charge in [0.05, 0.1) is 29.1 Å². The molecular weight excluding hydrogens is 338 g/mol. The lowest BCUT2D eigenvalue weighted by Gasteiger charge is -2.31. The van der Waals surface area contributed by atoms with Gasteiger partial charge in [-0.05, 0) is 19.8 Å². The molecule has 132 valence electrons. The topological polar surface area (TPSA) is 88.1 Å². The summed E-state index contributed by atoms with van der Waals surface area (Å²) in [5.74, 6) is 0.245. The average Bonchev–Trinajstić information content (AvgIpc) is 3.06. The Hall–Kier alpha value is -2.35. The average molecular weight is 359 g/mol. The van der Waals surface area contributed by atoms with Crippen LogP contribution in [0.3, 0.4) is 0 Å². The molecule has 1 saturated heterocycles. The predicted molar refractivity (Wildman–Crippen MR) is 94.3 cm³/mol. The first-order valence-electron chi connectivity index (χ1n) is 8.30. The Labute approximate surface area is 150 Å². The van der Waals surface area contributed by atoms with E-state index in [1.165, 1.54) is 11.3 Å². The molecule has 1 aliphatic rings. The van der Waals surface area contributed by atoms with E-state index in [-0.39, 0.29) is 17.7 Å². The fourth-order valence-electron chi connectivity index (χ4n) is 3.09. The molecule has 25 heavy (non-hydrogen) atoms. The Balaban J connectivity index is 1.66. The first-order valence-corrected chi connectivity index (χ1v) is 9.17. The van der Waals surface area contributed by atoms with Crippen molar-refractivity contribution >= 4 is 23.2 Å². The summed E-state index contributed by atoms with van der Waals surface area (Å²) >= 11 is 1.33. The molecular formula is C17H21N5O2S. The van der Waals surface area contributed by atoms with Crippen molar-refractivity contribution in [3.05, 3.63) is 39.9 Å². The summed E-state index contributed by atoms with van der Waals surface area (Å²) in [5, 5.41) is 2.91. The van der Waals surface area contributed by atoms with Crippen LogP contribution >= 0.6 is 11.3 Å². The molecule has 1 fully saturated rings. The number of carbonyl (C=O) groups is 2. The molecule has 3 heterocycles. The van der Waals surface area contributed by atoms with Crippen molar-refractivity contribution in [1.82, 2.24) is 25.2 Å². The van der Waals surface area contributed by atoms with Crippen molar-refractivity contribution in [2.75, 3.05) is 13.1 Å². The van der Waals surface area contributed by atoms with Gasteiger partial charge < -0.3 is 10.2 Å². The highest BCUT2D eigenvalue weighted by atomic mass is 32.1. The maximum atomic E-state index is 12.3. The van der Waals surface area contributed by atoms with Gasteiger partial charge in [0, 0.05) is 38.3 Å². The van der Waals surface area contributed by atoms with Gasteiger partial charge >= 0.3 is 0 Å². The Morgan fingerprint density at radius 3 is 2.60 bits per heavy atom. The quantitative estimate of drug-likeness (QED) is 0.901. The van der Waals surface area contributed by atoms with Gasteiger partial charge in [0.15, 0.2) is 0 Å². The summed E-state index contributed by atoms with van der Waals surface area (Å²) in [7, 11) is 0. The molecule has 0 bridgehead atoms. The van der Waals surface area contributed by atoms with Crippen molar-refractivity contribution < 1.29 is 9.59 Å². The Morgan fingerprint density at radius 1 is 1.24 bits per heavy atom. The third-order valence-electron chi connectivity index (χ3n) is 4.50. The van der Waals surface area contributed by atoms with E-state index in [2.05, 4.69) is 20.3 Å². The van der Waals surface area contributed by atoms with Crippen LogP contribution < -0.4 is 5.32 Å². The van der Waals surface area contributed by atoms with E-state index in [1.807, 2.05) is 11.8 Å². The molecule has 1 aliphatic heterocycles. The highest BCUT2D eigenvalue weighted by Gasteiger charge is 2.25. The minimum absolute atomic E-state index is 0.116. The van der Waals surface area contributed by atoms with E-state index >= 15 is 0 Å². The highest BCUT2D eigenvalue weighted by molar-refractivity contribution is 7.11. The molecule has 2 aromatic rings. The molecule has 0 atom stereocenters. The van der Waals surface area contributed by atoms with E-state index in [4.69, 9.17) is 0 Å². The van der Waals surface area contributed by atoms with Crippen LogP contribution in [0, 0.1) is 6.92 Å². The number of hydrogen-bond donors (Lipinski definition) is 1. The van der Waals surface area contributed by atoms with Crippen LogP contribution in [-0.2, 0) is 11.3 Å². The monoisotopic (exact) mass is 359 g/mol. The number of carbonyl (C=O) groups excluding carboxylic acids is 2. The molecule has 7 nitrogen and oxygen atoms in total. The maximum absolute atomic E-state index is 12.3. The minimum atomic E-state index is -0.136. The second-order valence-electron chi connectivity index (χ2n) is 6.12. The molecule has 2 aromatic heterocycles. The second-order valence-corrected chi connectivity index (χ2v) is 6.97. The van der Waals surface area contributed by atoms with Crippen molar-refractivity contribution in [1.29, 1.82) is 0 Å². The van der Waals surface area contributed by atoms with Gasteiger partial charge in [-0.15, -0.1) is 11.3 Å². The number of nitrogens with zero attached hydrogens (tertiary/aromatic N) is 4. The summed E-state index contributed by atoms with van der Waals surface area (Å²) in [4.78, 5) is 39.3. The van der Waals surface area contributed by atoms with Crippen molar-refractivity contribution in [2.24, 2.45) is 0 Å². The molecule has 0 radical (unpaired) electrons. The van der Waals surface area contributed by atoms with Crippen LogP contribution in [0.2, 0.25) is 0 Å². The molecule has 0 aromatic carbocycles. The van der Waals surface area contributed by atoms with E-state index < -0.39 is 0 Å². The lowest BCUT2D eigenvalue weighted by molar-refractivity contribution is -0.129. The summed E-state index contributed by atoms with van der Waals surface area (Å²) in [6.45, 7) is 5.24. The molecule has 3 rings (SSSR count). The zero-order chi connectivity index (χ0) is 17.8. The van der Waals surface area contributed by atoms with Crippen LogP contribution in [0.5, 0.6) is 0 Å². The van der Waals surface area contributed by atoms with E-state index in [0.29, 0.717) is 11.4 Å². The summed E-state index contributed by atoms with van der Waals surface area (Å²) in [6, 6.07) is 0. The summed E-state index contributed by atoms with van der Waals surface area (Å²) < 4.78 is 0. The molecule has 0 saturated carbocycles. The third kappa shape index (κ3) is 4.01. The predicted octanol–water partition coefficient (Wildman–Crippen LogP) is 1.90. The van der Waals surface area contributed by atoms with Crippen LogP contribution in [0.15, 0.2) is 17.9 Å². The van der Waals surface area contributed by atoms with Gasteiger partial charge in [-0.3, -0.25) is 19.6 Å². The van der Waals surface area contributed by atoms with E-state index in [9.17, 15) is 9.59 Å². The standard InChI is InChI=1S/C17H21N5O2S/c1-11-16(25-10-21-11)17(24)20-9-14-15(19-6-5-18-14)13-3-7-22(8-4-13)12(2)23/h5-6,10,13H,3-4,7-9H2,1-2H3,(H,20,24). The maximum Gasteiger partial charge on any atom is 0.263 e. The lowest BCUT2D eigenvalue weighted by atomic mass is 9.92. The molecule has 1 N–H and O–H groups in total. The molecule has 0 unspecified atom stereocenters. The van der Waals surface area contributed by atoms with E-state index in [1.54, 1.807) is 24.8 Å². The van der Waals surface area contributed by atoms with Crippen LogP contribution in [0.4, 0.5) is 0 Å². The SMILES string of the molecule is CC(=O)N1CCC(c2nccnc2CNC(=O)c2scnc2C)CC1. The summed E-state index contributed by atoms with van der Waals surface area (Å²) in [6.07, 6.45) is 5.07. The Bertz CT molecular complexity index is 768. The van der Waals surface area contributed by atoms with E-state index in [0.717, 1.165) is 43.0 Å². The molecule has 8 heteroatoms. The summed E-state index contributed by atoms with van der Waals surface area (Å²) in [5.41, 5.74) is 4.12. The second kappa shape index (κ2) is 7.69. The zero-order valence-electron chi connectivity index (χ0n) is 14.4. The first kappa shape index (κ1) is 17.5. The Kier molecular flexibility index (Phi) is 5.37. The van der Waals surface area contributed by atoms with Crippen LogP contribution in [0.25, 0.3) is 0 Å². The number of nitrogens with one attached hydrogen (secondary N) is 1. The number of piperidine rings is 1. The largest absolute Gasteiger partial charge is 0.346 e. The normalized spacial score (nSPS) is 15.2. The van der Waals surface area contributed by atoms with Gasteiger partial charge in [0.25, 0.3) is 5.91 Å². The third-order valence-corrected chi connectivity index (χ3v) is 5.43. The molecule has 0 aliphatic carbocycles. The molecule has 2 amide bonds. The fourth-order valence-corrected chi connectivity index (χ4v) is 3.81. The highest BCUT2D eigenvalue weighted by Crippen LogP contribution is 2.28. The number of rotatable bonds is 4. The zero-order valence-corrected chi connectivity index (χ0v) is 15.2. The van der Waals surface area contributed by atoms with Crippen molar-refractivity contribution in [3.8, 4) is 0 Å². The first-order chi connectivity index (χ1) is 12.1. The van der Waals surface area contributed by atoms with Crippen molar-refractivity contribution in [2.45, 2.75) is 39.2 Å². The van der Waals surface area contributed by atoms with Crippen molar-refractivity contribution in [3.63, 3.8) is 0 Å². The van der Waals surface area contributed by atoms with Gasteiger partial charge in [-0.2, -0.15) is 0 Å². The number of thiazole rings is 1. The van der Waals surface area contributed by atoms with Gasteiger partial charge in [0.1, 0.15) is 4.88 Å². The van der Waals surface area contributed by atoms with Gasteiger partial charge in [-0.1, -0.05) is 0 Å². The van der Waals surface area contributed by atoms with Crippen LogP contribution in [0.1, 0.15) is 52.4 Å². The van der Waals surface area contributed by atoms with Crippen LogP contribution in [-0.4, -0.2) is 44.8 Å². The fraction of sp³-hybridized carbons (Fsp3) is 0.471. The Morgan fingerprint density at radius 2 is 1.96 bits per heavy atom. The number of hydrogen-bond acceptors (Lipinski definition) is 6. The number of aromatic nitrogens is 3.